The van der Waals surface area contributed by atoms with Gasteiger partial charge < -0.3 is 10.2 Å². The predicted octanol–water partition coefficient (Wildman–Crippen LogP) is 1.64. The lowest BCUT2D eigenvalue weighted by molar-refractivity contribution is 0.297. The lowest BCUT2D eigenvalue weighted by Crippen LogP contribution is -2.51. The van der Waals surface area contributed by atoms with Gasteiger partial charge >= 0.3 is 0 Å². The molecule has 0 unspecified atom stereocenters. The lowest BCUT2D eigenvalue weighted by atomic mass is 9.96. The molecule has 2 aliphatic heterocycles. The van der Waals surface area contributed by atoms with Crippen LogP contribution in [0.3, 0.4) is 0 Å². The maximum Gasteiger partial charge on any atom is 0.0863 e. The van der Waals surface area contributed by atoms with Crippen molar-refractivity contribution in [3.8, 4) is 0 Å². The highest BCUT2D eigenvalue weighted by atomic mass is 15.2. The van der Waals surface area contributed by atoms with Gasteiger partial charge in [-0.1, -0.05) is 18.2 Å². The number of anilines is 1. The molecule has 3 heteroatoms. The number of fused-ring (bicyclic) bond motifs is 2. The first-order valence-electron chi connectivity index (χ1n) is 6.66. The molecule has 2 fully saturated rings. The fourth-order valence-electron chi connectivity index (χ4n) is 2.82. The lowest BCUT2D eigenvalue weighted by Gasteiger charge is -2.29. The molecule has 2 aromatic rings. The monoisotopic (exact) mass is 226 g/mol. The van der Waals surface area contributed by atoms with E-state index in [1.807, 2.05) is 18.2 Å². The van der Waals surface area contributed by atoms with Gasteiger partial charge in [-0.25, -0.2) is 0 Å². The SMILES string of the molecule is [2H]c1nc2ccccc2cc1N1C[C@@H]2CN[C@@H]2C1. The summed E-state index contributed by atoms with van der Waals surface area (Å²) in [6, 6.07) is 10.7. The van der Waals surface area contributed by atoms with Crippen LogP contribution >= 0.6 is 0 Å². The molecular weight excluding hydrogens is 210 g/mol. The molecule has 4 rings (SSSR count). The van der Waals surface area contributed by atoms with Gasteiger partial charge in [-0.15, -0.1) is 0 Å². The van der Waals surface area contributed by atoms with Crippen molar-refractivity contribution in [1.29, 1.82) is 0 Å². The second-order valence-electron chi connectivity index (χ2n) is 4.99. The van der Waals surface area contributed by atoms with Crippen molar-refractivity contribution < 1.29 is 1.37 Å². The van der Waals surface area contributed by atoms with Gasteiger partial charge in [-0.2, -0.15) is 0 Å². The van der Waals surface area contributed by atoms with E-state index in [4.69, 9.17) is 1.37 Å². The van der Waals surface area contributed by atoms with Crippen molar-refractivity contribution >= 4 is 16.6 Å². The summed E-state index contributed by atoms with van der Waals surface area (Å²) in [7, 11) is 0. The van der Waals surface area contributed by atoms with Crippen LogP contribution in [-0.2, 0) is 0 Å². The summed E-state index contributed by atoms with van der Waals surface area (Å²) < 4.78 is 8.10. The van der Waals surface area contributed by atoms with E-state index in [1.54, 1.807) is 0 Å². The quantitative estimate of drug-likeness (QED) is 0.801. The summed E-state index contributed by atoms with van der Waals surface area (Å²) in [5, 5.41) is 4.56. The zero-order chi connectivity index (χ0) is 12.1. The Morgan fingerprint density at radius 2 is 2.29 bits per heavy atom. The van der Waals surface area contributed by atoms with Crippen LogP contribution in [0.15, 0.2) is 36.5 Å². The minimum absolute atomic E-state index is 0.398. The number of benzene rings is 1. The number of nitrogens with one attached hydrogen (secondary N) is 1. The largest absolute Gasteiger partial charge is 0.368 e. The highest BCUT2D eigenvalue weighted by molar-refractivity contribution is 5.81. The number of aromatic nitrogens is 1. The highest BCUT2D eigenvalue weighted by Crippen LogP contribution is 2.29. The molecule has 2 aliphatic rings. The van der Waals surface area contributed by atoms with E-state index < -0.39 is 0 Å². The van der Waals surface area contributed by atoms with Gasteiger partial charge in [-0.3, -0.25) is 4.98 Å². The Morgan fingerprint density at radius 3 is 3.06 bits per heavy atom. The molecule has 0 amide bonds. The first kappa shape index (κ1) is 8.48. The fraction of sp³-hybridized carbons (Fsp3) is 0.357. The van der Waals surface area contributed by atoms with Crippen molar-refractivity contribution in [3.05, 3.63) is 36.5 Å². The summed E-state index contributed by atoms with van der Waals surface area (Å²) in [5.41, 5.74) is 1.89. The van der Waals surface area contributed by atoms with Crippen LogP contribution in [0.25, 0.3) is 10.9 Å². The molecule has 17 heavy (non-hydrogen) atoms. The zero-order valence-electron chi connectivity index (χ0n) is 10.6. The number of hydrogen-bond acceptors (Lipinski definition) is 3. The van der Waals surface area contributed by atoms with Crippen molar-refractivity contribution in [1.82, 2.24) is 10.3 Å². The Kier molecular flexibility index (Phi) is 1.71. The van der Waals surface area contributed by atoms with E-state index in [0.717, 1.165) is 42.1 Å². The molecule has 1 aromatic heterocycles. The third kappa shape index (κ3) is 1.42. The van der Waals surface area contributed by atoms with Gasteiger partial charge in [-0.05, 0) is 12.1 Å². The normalized spacial score (nSPS) is 27.8. The van der Waals surface area contributed by atoms with Gasteiger partial charge in [0.25, 0.3) is 0 Å². The zero-order valence-corrected chi connectivity index (χ0v) is 9.56. The molecule has 3 nitrogen and oxygen atoms in total. The number of hydrogen-bond donors (Lipinski definition) is 1. The molecule has 0 spiro atoms. The number of pyridine rings is 1. The van der Waals surface area contributed by atoms with Crippen LogP contribution < -0.4 is 10.2 Å². The molecule has 3 heterocycles. The number of nitrogens with zero attached hydrogens (tertiary/aromatic N) is 2. The van der Waals surface area contributed by atoms with E-state index in [2.05, 4.69) is 27.3 Å². The third-order valence-corrected chi connectivity index (χ3v) is 3.94. The second-order valence-corrected chi connectivity index (χ2v) is 4.99. The van der Waals surface area contributed by atoms with Crippen molar-refractivity contribution in [3.63, 3.8) is 0 Å². The van der Waals surface area contributed by atoms with Crippen molar-refractivity contribution in [2.45, 2.75) is 6.04 Å². The van der Waals surface area contributed by atoms with E-state index in [-0.39, 0.29) is 0 Å². The molecular formula is C14H15N3. The molecule has 1 aromatic carbocycles. The minimum Gasteiger partial charge on any atom is -0.368 e. The molecule has 0 aliphatic carbocycles. The first-order chi connectivity index (χ1) is 8.81. The van der Waals surface area contributed by atoms with Crippen LogP contribution in [0.4, 0.5) is 5.69 Å². The van der Waals surface area contributed by atoms with Crippen molar-refractivity contribution in [2.75, 3.05) is 24.5 Å². The number of para-hydroxylation sites is 1. The van der Waals surface area contributed by atoms with E-state index in [0.29, 0.717) is 12.2 Å². The average molecular weight is 226 g/mol. The van der Waals surface area contributed by atoms with Crippen LogP contribution in [0.1, 0.15) is 1.37 Å². The summed E-state index contributed by atoms with van der Waals surface area (Å²) in [6.45, 7) is 3.19. The van der Waals surface area contributed by atoms with Gasteiger partial charge in [0.1, 0.15) is 0 Å². The fourth-order valence-corrected chi connectivity index (χ4v) is 2.82. The Hall–Kier alpha value is -1.61. The van der Waals surface area contributed by atoms with Gasteiger partial charge in [0, 0.05) is 37.0 Å². The van der Waals surface area contributed by atoms with E-state index >= 15 is 0 Å². The summed E-state index contributed by atoms with van der Waals surface area (Å²) in [4.78, 5) is 6.70. The standard InChI is InChI=1S/C14H15N3/c1-2-4-13-10(3-1)5-12(7-16-13)17-8-11-6-15-14(11)9-17/h1-5,7,11,14-15H,6,8-9H2/t11-,14+/m0/s1/i7D. The van der Waals surface area contributed by atoms with Crippen molar-refractivity contribution in [2.24, 2.45) is 5.92 Å². The Morgan fingerprint density at radius 1 is 1.35 bits per heavy atom. The molecule has 0 bridgehead atoms. The number of rotatable bonds is 1. The average Bonchev–Trinajstić information content (AvgIpc) is 2.65. The van der Waals surface area contributed by atoms with Crippen LogP contribution in [-0.4, -0.2) is 30.7 Å². The smallest absolute Gasteiger partial charge is 0.0863 e. The van der Waals surface area contributed by atoms with Gasteiger partial charge in [0.15, 0.2) is 0 Å². The molecule has 86 valence electrons. The predicted molar refractivity (Wildman–Crippen MR) is 69.2 cm³/mol. The van der Waals surface area contributed by atoms with Crippen LogP contribution in [0, 0.1) is 5.92 Å². The molecule has 1 N–H and O–H groups in total. The molecule has 2 atom stereocenters. The topological polar surface area (TPSA) is 28.2 Å². The molecule has 2 saturated heterocycles. The maximum atomic E-state index is 8.10. The molecule has 0 saturated carbocycles. The minimum atomic E-state index is 0.398. The Labute approximate surface area is 102 Å². The first-order valence-corrected chi connectivity index (χ1v) is 6.16. The maximum absolute atomic E-state index is 8.10. The van der Waals surface area contributed by atoms with Crippen LogP contribution in [0.2, 0.25) is 0 Å². The van der Waals surface area contributed by atoms with Gasteiger partial charge in [0.05, 0.1) is 18.7 Å². The van der Waals surface area contributed by atoms with E-state index in [9.17, 15) is 0 Å². The highest BCUT2D eigenvalue weighted by Gasteiger charge is 2.39. The summed E-state index contributed by atoms with van der Waals surface area (Å²) >= 11 is 0. The van der Waals surface area contributed by atoms with E-state index in [1.165, 1.54) is 0 Å². The molecule has 0 radical (unpaired) electrons. The third-order valence-electron chi connectivity index (χ3n) is 3.94. The Bertz CT molecular complexity index is 601. The van der Waals surface area contributed by atoms with Gasteiger partial charge in [0.2, 0.25) is 0 Å². The summed E-state index contributed by atoms with van der Waals surface area (Å²) in [6.07, 6.45) is 0.398. The second kappa shape index (κ2) is 3.44. The van der Waals surface area contributed by atoms with Crippen LogP contribution in [0.5, 0.6) is 0 Å². The Balaban J connectivity index is 1.77. The summed E-state index contributed by atoms with van der Waals surface area (Å²) in [5.74, 6) is 0.760.